The number of rotatable bonds is 8. The van der Waals surface area contributed by atoms with Crippen molar-refractivity contribution in [3.63, 3.8) is 0 Å². The van der Waals surface area contributed by atoms with Crippen LogP contribution in [0, 0.1) is 0 Å². The fourth-order valence-electron chi connectivity index (χ4n) is 3.16. The number of carbonyl (C=O) groups excluding carboxylic acids is 1. The van der Waals surface area contributed by atoms with Gasteiger partial charge >= 0.3 is 0 Å². The SMILES string of the molecule is CCc1ccc(-c2nc(S[C@H](C)C(=O)NCCC3=CCCCC3)n[nH]2)cc1. The lowest BCUT2D eigenvalue weighted by atomic mass is 9.97. The predicted molar refractivity (Wildman–Crippen MR) is 111 cm³/mol. The van der Waals surface area contributed by atoms with Crippen molar-refractivity contribution in [1.82, 2.24) is 20.5 Å². The average molecular weight is 385 g/mol. The van der Waals surface area contributed by atoms with Crippen molar-refractivity contribution >= 4 is 17.7 Å². The molecule has 1 amide bonds. The molecule has 0 bridgehead atoms. The van der Waals surface area contributed by atoms with Gasteiger partial charge in [-0.3, -0.25) is 9.89 Å². The Balaban J connectivity index is 1.48. The van der Waals surface area contributed by atoms with E-state index >= 15 is 0 Å². The van der Waals surface area contributed by atoms with Crippen LogP contribution in [0.15, 0.2) is 41.1 Å². The second kappa shape index (κ2) is 9.74. The van der Waals surface area contributed by atoms with Crippen LogP contribution < -0.4 is 5.32 Å². The van der Waals surface area contributed by atoms with E-state index in [4.69, 9.17) is 0 Å². The zero-order valence-electron chi connectivity index (χ0n) is 16.1. The molecule has 2 N–H and O–H groups in total. The Morgan fingerprint density at radius 2 is 2.11 bits per heavy atom. The molecule has 0 fully saturated rings. The number of amides is 1. The number of nitrogens with one attached hydrogen (secondary N) is 2. The van der Waals surface area contributed by atoms with Crippen molar-refractivity contribution in [2.75, 3.05) is 6.54 Å². The van der Waals surface area contributed by atoms with E-state index in [0.29, 0.717) is 11.7 Å². The summed E-state index contributed by atoms with van der Waals surface area (Å²) in [5.74, 6) is 0.770. The van der Waals surface area contributed by atoms with Crippen molar-refractivity contribution in [2.45, 2.75) is 62.8 Å². The van der Waals surface area contributed by atoms with Gasteiger partial charge in [-0.1, -0.05) is 54.6 Å². The van der Waals surface area contributed by atoms with Crippen LogP contribution in [-0.2, 0) is 11.2 Å². The molecule has 5 nitrogen and oxygen atoms in total. The molecule has 1 heterocycles. The number of hydrogen-bond donors (Lipinski definition) is 2. The van der Waals surface area contributed by atoms with Gasteiger partial charge in [0, 0.05) is 12.1 Å². The van der Waals surface area contributed by atoms with E-state index in [0.717, 1.165) is 24.2 Å². The smallest absolute Gasteiger partial charge is 0.233 e. The van der Waals surface area contributed by atoms with E-state index in [1.807, 2.05) is 19.1 Å². The Labute approximate surface area is 165 Å². The number of allylic oxidation sites excluding steroid dienone is 1. The van der Waals surface area contributed by atoms with Crippen LogP contribution in [0.3, 0.4) is 0 Å². The lowest BCUT2D eigenvalue weighted by molar-refractivity contribution is -0.120. The van der Waals surface area contributed by atoms with E-state index in [-0.39, 0.29) is 11.2 Å². The van der Waals surface area contributed by atoms with Gasteiger partial charge in [0.25, 0.3) is 0 Å². The molecule has 27 heavy (non-hydrogen) atoms. The Hall–Kier alpha value is -2.08. The highest BCUT2D eigenvalue weighted by molar-refractivity contribution is 8.00. The Morgan fingerprint density at radius 1 is 1.30 bits per heavy atom. The maximum atomic E-state index is 12.3. The molecule has 1 aromatic carbocycles. The highest BCUT2D eigenvalue weighted by Gasteiger charge is 2.17. The first-order chi connectivity index (χ1) is 13.2. The molecule has 0 aliphatic heterocycles. The number of thioether (sulfide) groups is 1. The van der Waals surface area contributed by atoms with Gasteiger partial charge in [0.05, 0.1) is 5.25 Å². The van der Waals surface area contributed by atoms with E-state index in [1.54, 1.807) is 0 Å². The number of carbonyl (C=O) groups is 1. The zero-order valence-corrected chi connectivity index (χ0v) is 16.9. The first kappa shape index (κ1) is 19.7. The van der Waals surface area contributed by atoms with Crippen LogP contribution in [0.5, 0.6) is 0 Å². The largest absolute Gasteiger partial charge is 0.355 e. The fraction of sp³-hybridized carbons (Fsp3) is 0.476. The fourth-order valence-corrected chi connectivity index (χ4v) is 3.91. The average Bonchev–Trinajstić information content (AvgIpc) is 3.17. The second-order valence-corrected chi connectivity index (χ2v) is 8.23. The number of aryl methyl sites for hydroxylation is 1. The summed E-state index contributed by atoms with van der Waals surface area (Å²) >= 11 is 1.38. The lowest BCUT2D eigenvalue weighted by Gasteiger charge is -2.14. The number of hydrogen-bond acceptors (Lipinski definition) is 4. The molecule has 1 aliphatic carbocycles. The molecule has 1 aromatic heterocycles. The Morgan fingerprint density at radius 3 is 2.81 bits per heavy atom. The van der Waals surface area contributed by atoms with Crippen LogP contribution >= 0.6 is 11.8 Å². The lowest BCUT2D eigenvalue weighted by Crippen LogP contribution is -2.32. The van der Waals surface area contributed by atoms with Gasteiger partial charge in [-0.05, 0) is 51.0 Å². The highest BCUT2D eigenvalue weighted by Crippen LogP contribution is 2.23. The summed E-state index contributed by atoms with van der Waals surface area (Å²) in [4.78, 5) is 16.8. The zero-order chi connectivity index (χ0) is 19.1. The van der Waals surface area contributed by atoms with Crippen LogP contribution in [0.1, 0.15) is 51.5 Å². The topological polar surface area (TPSA) is 70.7 Å². The minimum absolute atomic E-state index is 0.0371. The molecule has 0 unspecified atom stereocenters. The predicted octanol–water partition coefficient (Wildman–Crippen LogP) is 4.52. The summed E-state index contributed by atoms with van der Waals surface area (Å²) < 4.78 is 0. The standard InChI is InChI=1S/C21H28N4OS/c1-3-16-9-11-18(12-10-16)19-23-21(25-24-19)27-15(2)20(26)22-14-13-17-7-5-4-6-8-17/h7,9-12,15H,3-6,8,13-14H2,1-2H3,(H,22,26)(H,23,24,25)/t15-/m1/s1. The quantitative estimate of drug-likeness (QED) is 0.518. The number of nitrogens with zero attached hydrogens (tertiary/aromatic N) is 2. The van der Waals surface area contributed by atoms with Gasteiger partial charge in [-0.15, -0.1) is 5.10 Å². The molecule has 0 radical (unpaired) electrons. The maximum Gasteiger partial charge on any atom is 0.233 e. The van der Waals surface area contributed by atoms with E-state index in [2.05, 4.69) is 45.6 Å². The van der Waals surface area contributed by atoms with E-state index < -0.39 is 0 Å². The first-order valence-electron chi connectivity index (χ1n) is 9.79. The molecule has 1 aliphatic rings. The molecule has 6 heteroatoms. The minimum atomic E-state index is -0.226. The second-order valence-electron chi connectivity index (χ2n) is 6.93. The van der Waals surface area contributed by atoms with Gasteiger partial charge in [-0.25, -0.2) is 4.98 Å². The van der Waals surface area contributed by atoms with Crippen LogP contribution in [0.4, 0.5) is 0 Å². The normalized spacial score (nSPS) is 15.3. The van der Waals surface area contributed by atoms with Crippen LogP contribution in [-0.4, -0.2) is 32.9 Å². The van der Waals surface area contributed by atoms with Crippen LogP contribution in [0.25, 0.3) is 11.4 Å². The first-order valence-corrected chi connectivity index (χ1v) is 10.7. The van der Waals surface area contributed by atoms with Gasteiger partial charge in [0.2, 0.25) is 11.1 Å². The summed E-state index contributed by atoms with van der Waals surface area (Å²) in [5, 5.41) is 10.6. The van der Waals surface area contributed by atoms with Crippen LogP contribution in [0.2, 0.25) is 0 Å². The molecular formula is C21H28N4OS. The summed E-state index contributed by atoms with van der Waals surface area (Å²) in [6.07, 6.45) is 9.24. The van der Waals surface area contributed by atoms with Gasteiger partial charge in [-0.2, -0.15) is 0 Å². The summed E-state index contributed by atoms with van der Waals surface area (Å²) in [6.45, 7) is 4.74. The third kappa shape index (κ3) is 5.70. The van der Waals surface area contributed by atoms with Gasteiger partial charge < -0.3 is 5.32 Å². The maximum absolute atomic E-state index is 12.3. The molecule has 144 valence electrons. The van der Waals surface area contributed by atoms with Crippen molar-refractivity contribution < 1.29 is 4.79 Å². The molecule has 3 rings (SSSR count). The summed E-state index contributed by atoms with van der Waals surface area (Å²) in [5.41, 5.74) is 3.78. The summed E-state index contributed by atoms with van der Waals surface area (Å²) in [7, 11) is 0. The molecule has 0 saturated heterocycles. The third-order valence-electron chi connectivity index (χ3n) is 4.88. The van der Waals surface area contributed by atoms with Gasteiger partial charge in [0.15, 0.2) is 5.82 Å². The molecule has 1 atom stereocenters. The molecule has 0 spiro atoms. The number of benzene rings is 1. The number of aromatic amines is 1. The van der Waals surface area contributed by atoms with Gasteiger partial charge in [0.1, 0.15) is 0 Å². The van der Waals surface area contributed by atoms with Crippen molar-refractivity contribution in [2.24, 2.45) is 0 Å². The highest BCUT2D eigenvalue weighted by atomic mass is 32.2. The van der Waals surface area contributed by atoms with Crippen molar-refractivity contribution in [3.8, 4) is 11.4 Å². The Bertz CT molecular complexity index is 782. The molecular weight excluding hydrogens is 356 g/mol. The molecule has 0 saturated carbocycles. The number of H-pyrrole nitrogens is 1. The number of aromatic nitrogens is 3. The van der Waals surface area contributed by atoms with Crippen molar-refractivity contribution in [3.05, 3.63) is 41.5 Å². The monoisotopic (exact) mass is 384 g/mol. The Kier molecular flexibility index (Phi) is 7.10. The third-order valence-corrected chi connectivity index (χ3v) is 5.84. The molecule has 2 aromatic rings. The van der Waals surface area contributed by atoms with Crippen molar-refractivity contribution in [1.29, 1.82) is 0 Å². The minimum Gasteiger partial charge on any atom is -0.355 e. The summed E-state index contributed by atoms with van der Waals surface area (Å²) in [6, 6.07) is 8.29. The van der Waals surface area contributed by atoms with E-state index in [9.17, 15) is 4.79 Å². The van der Waals surface area contributed by atoms with E-state index in [1.165, 1.54) is 48.6 Å².